The zero-order valence-corrected chi connectivity index (χ0v) is 11.7. The van der Waals surface area contributed by atoms with Gasteiger partial charge in [0.25, 0.3) is 0 Å². The van der Waals surface area contributed by atoms with E-state index in [4.69, 9.17) is 0 Å². The molecule has 1 unspecified atom stereocenters. The lowest BCUT2D eigenvalue weighted by molar-refractivity contribution is 0.462. The number of nitrogens with zero attached hydrogens (tertiary/aromatic N) is 2. The zero-order valence-electron chi connectivity index (χ0n) is 10.2. The standard InChI is InChI=1S/C12H21BrN2O/c1-3-7-14-9-10-15(12(14)16)8-5-11(2)4-6-13/h9-11H,3-8H2,1-2H3. The molecule has 16 heavy (non-hydrogen) atoms. The van der Waals surface area contributed by atoms with E-state index in [0.717, 1.165) is 31.3 Å². The van der Waals surface area contributed by atoms with E-state index in [0.29, 0.717) is 5.92 Å². The molecule has 0 aliphatic rings. The molecule has 0 N–H and O–H groups in total. The van der Waals surface area contributed by atoms with Gasteiger partial charge in [-0.25, -0.2) is 4.79 Å². The Morgan fingerprint density at radius 3 is 2.44 bits per heavy atom. The maximum atomic E-state index is 11.8. The molecule has 4 heteroatoms. The highest BCUT2D eigenvalue weighted by atomic mass is 79.9. The van der Waals surface area contributed by atoms with Crippen LogP contribution in [0.3, 0.4) is 0 Å². The summed E-state index contributed by atoms with van der Waals surface area (Å²) >= 11 is 3.44. The fourth-order valence-corrected chi connectivity index (χ4v) is 2.51. The summed E-state index contributed by atoms with van der Waals surface area (Å²) in [5, 5.41) is 1.04. The molecule has 1 rings (SSSR count). The molecule has 0 radical (unpaired) electrons. The van der Waals surface area contributed by atoms with Crippen molar-refractivity contribution in [2.24, 2.45) is 5.92 Å². The first-order valence-electron chi connectivity index (χ1n) is 6.00. The van der Waals surface area contributed by atoms with E-state index in [-0.39, 0.29) is 5.69 Å². The Morgan fingerprint density at radius 2 is 1.88 bits per heavy atom. The summed E-state index contributed by atoms with van der Waals surface area (Å²) < 4.78 is 3.61. The molecule has 92 valence electrons. The number of rotatable bonds is 7. The summed E-state index contributed by atoms with van der Waals surface area (Å²) in [6.45, 7) is 5.98. The molecule has 0 aliphatic heterocycles. The number of hydrogen-bond donors (Lipinski definition) is 0. The smallest absolute Gasteiger partial charge is 0.299 e. The van der Waals surface area contributed by atoms with Gasteiger partial charge in [0, 0.05) is 30.8 Å². The maximum absolute atomic E-state index is 11.8. The minimum Gasteiger partial charge on any atom is -0.299 e. The summed E-state index contributed by atoms with van der Waals surface area (Å²) in [6, 6.07) is 0. The van der Waals surface area contributed by atoms with Crippen LogP contribution in [0.4, 0.5) is 0 Å². The zero-order chi connectivity index (χ0) is 12.0. The van der Waals surface area contributed by atoms with Gasteiger partial charge >= 0.3 is 5.69 Å². The van der Waals surface area contributed by atoms with Crippen molar-refractivity contribution in [1.29, 1.82) is 0 Å². The third-order valence-electron chi connectivity index (χ3n) is 2.85. The molecule has 0 aromatic carbocycles. The summed E-state index contributed by atoms with van der Waals surface area (Å²) in [4.78, 5) is 11.8. The van der Waals surface area contributed by atoms with Gasteiger partial charge in [0.1, 0.15) is 0 Å². The van der Waals surface area contributed by atoms with E-state index in [9.17, 15) is 4.79 Å². The van der Waals surface area contributed by atoms with Crippen molar-refractivity contribution < 1.29 is 0 Å². The van der Waals surface area contributed by atoms with E-state index in [1.165, 1.54) is 6.42 Å². The van der Waals surface area contributed by atoms with Crippen LogP contribution in [0.2, 0.25) is 0 Å². The van der Waals surface area contributed by atoms with Crippen LogP contribution < -0.4 is 5.69 Å². The molecule has 0 fully saturated rings. The van der Waals surface area contributed by atoms with E-state index in [1.807, 2.05) is 17.0 Å². The molecule has 0 saturated carbocycles. The van der Waals surface area contributed by atoms with Crippen molar-refractivity contribution in [2.75, 3.05) is 5.33 Å². The third-order valence-corrected chi connectivity index (χ3v) is 3.31. The Morgan fingerprint density at radius 1 is 1.25 bits per heavy atom. The monoisotopic (exact) mass is 288 g/mol. The molecular formula is C12H21BrN2O. The van der Waals surface area contributed by atoms with Gasteiger partial charge in [-0.2, -0.15) is 0 Å². The topological polar surface area (TPSA) is 26.9 Å². The van der Waals surface area contributed by atoms with Crippen LogP contribution in [0.25, 0.3) is 0 Å². The number of imidazole rings is 1. The van der Waals surface area contributed by atoms with Crippen LogP contribution in [0.1, 0.15) is 33.1 Å². The first kappa shape index (κ1) is 13.6. The minimum absolute atomic E-state index is 0.132. The Labute approximate surface area is 106 Å². The van der Waals surface area contributed by atoms with Crippen molar-refractivity contribution in [3.05, 3.63) is 22.9 Å². The summed E-state index contributed by atoms with van der Waals surface area (Å²) in [6.07, 6.45) is 7.04. The molecule has 0 spiro atoms. The highest BCUT2D eigenvalue weighted by molar-refractivity contribution is 9.09. The van der Waals surface area contributed by atoms with Crippen molar-refractivity contribution in [3.63, 3.8) is 0 Å². The lowest BCUT2D eigenvalue weighted by Crippen LogP contribution is -2.24. The molecule has 0 bridgehead atoms. The fourth-order valence-electron chi connectivity index (χ4n) is 1.72. The SMILES string of the molecule is CCCn1ccn(CCC(C)CCBr)c1=O. The Bertz CT molecular complexity index is 356. The predicted molar refractivity (Wildman–Crippen MR) is 71.2 cm³/mol. The maximum Gasteiger partial charge on any atom is 0.328 e. The molecule has 0 amide bonds. The Kier molecular flexibility index (Phi) is 5.88. The number of aromatic nitrogens is 2. The molecule has 1 aromatic rings. The fraction of sp³-hybridized carbons (Fsp3) is 0.750. The number of alkyl halides is 1. The van der Waals surface area contributed by atoms with Gasteiger partial charge in [-0.1, -0.05) is 29.8 Å². The normalized spacial score (nSPS) is 12.9. The Balaban J connectivity index is 2.51. The van der Waals surface area contributed by atoms with E-state index in [1.54, 1.807) is 4.57 Å². The second-order valence-corrected chi connectivity index (χ2v) is 5.13. The molecule has 1 atom stereocenters. The molecule has 1 aromatic heterocycles. The lowest BCUT2D eigenvalue weighted by atomic mass is 10.1. The summed E-state index contributed by atoms with van der Waals surface area (Å²) in [5.74, 6) is 0.667. The van der Waals surface area contributed by atoms with Crippen LogP contribution >= 0.6 is 15.9 Å². The van der Waals surface area contributed by atoms with Gasteiger partial charge in [-0.05, 0) is 25.2 Å². The number of hydrogen-bond acceptors (Lipinski definition) is 1. The van der Waals surface area contributed by atoms with Gasteiger partial charge in [0.05, 0.1) is 0 Å². The van der Waals surface area contributed by atoms with Crippen LogP contribution in [-0.4, -0.2) is 14.5 Å². The van der Waals surface area contributed by atoms with Crippen molar-refractivity contribution in [1.82, 2.24) is 9.13 Å². The second-order valence-electron chi connectivity index (χ2n) is 4.34. The number of aryl methyl sites for hydroxylation is 2. The molecule has 1 heterocycles. The largest absolute Gasteiger partial charge is 0.328 e. The lowest BCUT2D eigenvalue weighted by Gasteiger charge is -2.09. The van der Waals surface area contributed by atoms with Gasteiger partial charge in [-0.15, -0.1) is 0 Å². The van der Waals surface area contributed by atoms with Crippen molar-refractivity contribution >= 4 is 15.9 Å². The van der Waals surface area contributed by atoms with Crippen LogP contribution in [-0.2, 0) is 13.1 Å². The van der Waals surface area contributed by atoms with Crippen LogP contribution in [0, 0.1) is 5.92 Å². The van der Waals surface area contributed by atoms with Gasteiger partial charge in [-0.3, -0.25) is 9.13 Å². The van der Waals surface area contributed by atoms with Crippen LogP contribution in [0.15, 0.2) is 17.2 Å². The first-order chi connectivity index (χ1) is 7.69. The summed E-state index contributed by atoms with van der Waals surface area (Å²) in [7, 11) is 0. The van der Waals surface area contributed by atoms with E-state index >= 15 is 0 Å². The predicted octanol–water partition coefficient (Wildman–Crippen LogP) is 2.87. The Hall–Kier alpha value is -0.510. The highest BCUT2D eigenvalue weighted by Gasteiger charge is 2.05. The van der Waals surface area contributed by atoms with Gasteiger partial charge < -0.3 is 0 Å². The first-order valence-corrected chi connectivity index (χ1v) is 7.12. The second kappa shape index (κ2) is 6.94. The average molecular weight is 289 g/mol. The quantitative estimate of drug-likeness (QED) is 0.709. The molecule has 0 aliphatic carbocycles. The average Bonchev–Trinajstić information content (AvgIpc) is 2.59. The highest BCUT2D eigenvalue weighted by Crippen LogP contribution is 2.09. The van der Waals surface area contributed by atoms with Crippen molar-refractivity contribution in [3.8, 4) is 0 Å². The minimum atomic E-state index is 0.132. The third kappa shape index (κ3) is 3.81. The molecule has 0 saturated heterocycles. The van der Waals surface area contributed by atoms with Gasteiger partial charge in [0.2, 0.25) is 0 Å². The number of halogens is 1. The van der Waals surface area contributed by atoms with Crippen molar-refractivity contribution in [2.45, 2.75) is 46.2 Å². The van der Waals surface area contributed by atoms with E-state index in [2.05, 4.69) is 29.8 Å². The van der Waals surface area contributed by atoms with E-state index < -0.39 is 0 Å². The van der Waals surface area contributed by atoms with Crippen LogP contribution in [0.5, 0.6) is 0 Å². The molecule has 3 nitrogen and oxygen atoms in total. The summed E-state index contributed by atoms with van der Waals surface area (Å²) in [5.41, 5.74) is 0.132. The van der Waals surface area contributed by atoms with Gasteiger partial charge in [0.15, 0.2) is 0 Å². The molecular weight excluding hydrogens is 268 g/mol.